The maximum Gasteiger partial charge on any atom is 0.234 e. The number of aryl methyl sites for hydroxylation is 1. The molecule has 0 aliphatic heterocycles. The van der Waals surface area contributed by atoms with Crippen LogP contribution >= 0.6 is 39.3 Å². The van der Waals surface area contributed by atoms with E-state index in [0.29, 0.717) is 15.9 Å². The van der Waals surface area contributed by atoms with Crippen LogP contribution in [0.4, 0.5) is 5.69 Å². The second-order valence-corrected chi connectivity index (χ2v) is 8.14. The molecule has 0 unspecified atom stereocenters. The van der Waals surface area contributed by atoms with Crippen LogP contribution in [-0.4, -0.2) is 26.4 Å². The summed E-state index contributed by atoms with van der Waals surface area (Å²) in [4.78, 5) is 12.3. The monoisotopic (exact) mass is 464 g/mol. The lowest BCUT2D eigenvalue weighted by Gasteiger charge is -2.09. The highest BCUT2D eigenvalue weighted by molar-refractivity contribution is 9.10. The van der Waals surface area contributed by atoms with Crippen molar-refractivity contribution in [1.29, 1.82) is 0 Å². The topological polar surface area (TPSA) is 59.8 Å². The third kappa shape index (κ3) is 4.91. The molecule has 0 saturated heterocycles. The summed E-state index contributed by atoms with van der Waals surface area (Å²) in [5.74, 6) is 0.876. The average molecular weight is 466 g/mol. The lowest BCUT2D eigenvalue weighted by Crippen LogP contribution is -2.15. The Bertz CT molecular complexity index is 959. The van der Waals surface area contributed by atoms with E-state index >= 15 is 0 Å². The molecule has 0 atom stereocenters. The molecule has 2 aromatic carbocycles. The van der Waals surface area contributed by atoms with Crippen molar-refractivity contribution in [2.45, 2.75) is 25.5 Å². The van der Waals surface area contributed by atoms with Crippen molar-refractivity contribution in [2.75, 3.05) is 11.1 Å². The zero-order chi connectivity index (χ0) is 19.4. The van der Waals surface area contributed by atoms with Gasteiger partial charge in [-0.15, -0.1) is 10.2 Å². The smallest absolute Gasteiger partial charge is 0.234 e. The van der Waals surface area contributed by atoms with Crippen LogP contribution in [-0.2, 0) is 11.3 Å². The van der Waals surface area contributed by atoms with Crippen LogP contribution in [0.25, 0.3) is 11.4 Å². The molecule has 0 saturated carbocycles. The van der Waals surface area contributed by atoms with Crippen molar-refractivity contribution >= 4 is 50.9 Å². The highest BCUT2D eigenvalue weighted by Gasteiger charge is 2.15. The SMILES string of the molecule is CCn1c(SCC(=O)Nc2ccc(Br)cc2Cl)nnc1-c1ccc(C)cc1. The first-order valence-corrected chi connectivity index (χ1v) is 10.5. The van der Waals surface area contributed by atoms with Gasteiger partial charge in [-0.3, -0.25) is 4.79 Å². The number of nitrogens with one attached hydrogen (secondary N) is 1. The first-order valence-electron chi connectivity index (χ1n) is 8.36. The van der Waals surface area contributed by atoms with Gasteiger partial charge in [0.15, 0.2) is 11.0 Å². The van der Waals surface area contributed by atoms with Gasteiger partial charge in [-0.05, 0) is 32.0 Å². The van der Waals surface area contributed by atoms with Gasteiger partial charge in [0, 0.05) is 16.6 Å². The minimum absolute atomic E-state index is 0.147. The first kappa shape index (κ1) is 19.9. The summed E-state index contributed by atoms with van der Waals surface area (Å²) in [6.45, 7) is 4.80. The Balaban J connectivity index is 1.69. The van der Waals surface area contributed by atoms with Gasteiger partial charge < -0.3 is 9.88 Å². The van der Waals surface area contributed by atoms with E-state index in [2.05, 4.69) is 31.4 Å². The fourth-order valence-corrected chi connectivity index (χ4v) is 4.03. The van der Waals surface area contributed by atoms with Gasteiger partial charge in [0.2, 0.25) is 5.91 Å². The molecule has 8 heteroatoms. The Morgan fingerprint density at radius 1 is 1.22 bits per heavy atom. The van der Waals surface area contributed by atoms with Crippen molar-refractivity contribution < 1.29 is 4.79 Å². The van der Waals surface area contributed by atoms with Gasteiger partial charge in [0.1, 0.15) is 0 Å². The zero-order valence-corrected chi connectivity index (χ0v) is 18.0. The second kappa shape index (κ2) is 8.91. The summed E-state index contributed by atoms with van der Waals surface area (Å²) < 4.78 is 2.87. The molecule has 0 bridgehead atoms. The van der Waals surface area contributed by atoms with Gasteiger partial charge in [-0.25, -0.2) is 0 Å². The number of carbonyl (C=O) groups excluding carboxylic acids is 1. The molecular formula is C19H18BrClN4OS. The molecule has 0 radical (unpaired) electrons. The Hall–Kier alpha value is -1.83. The third-order valence-corrected chi connectivity index (χ3v) is 5.65. The van der Waals surface area contributed by atoms with E-state index in [1.165, 1.54) is 17.3 Å². The Morgan fingerprint density at radius 2 is 1.96 bits per heavy atom. The number of amides is 1. The minimum atomic E-state index is -0.147. The number of benzene rings is 2. The predicted molar refractivity (Wildman–Crippen MR) is 114 cm³/mol. The molecule has 5 nitrogen and oxygen atoms in total. The van der Waals surface area contributed by atoms with Gasteiger partial charge in [0.05, 0.1) is 16.5 Å². The number of hydrogen-bond donors (Lipinski definition) is 1. The van der Waals surface area contributed by atoms with Crippen LogP contribution in [0.1, 0.15) is 12.5 Å². The van der Waals surface area contributed by atoms with Crippen molar-refractivity contribution in [3.63, 3.8) is 0 Å². The van der Waals surface area contributed by atoms with E-state index in [4.69, 9.17) is 11.6 Å². The van der Waals surface area contributed by atoms with Crippen molar-refractivity contribution in [3.05, 3.63) is 57.5 Å². The molecule has 1 aromatic heterocycles. The second-order valence-electron chi connectivity index (χ2n) is 5.88. The van der Waals surface area contributed by atoms with E-state index in [9.17, 15) is 4.79 Å². The fraction of sp³-hybridized carbons (Fsp3) is 0.211. The summed E-state index contributed by atoms with van der Waals surface area (Å²) in [7, 11) is 0. The zero-order valence-electron chi connectivity index (χ0n) is 14.9. The number of carbonyl (C=O) groups is 1. The number of hydrogen-bond acceptors (Lipinski definition) is 4. The summed E-state index contributed by atoms with van der Waals surface area (Å²) >= 11 is 10.8. The number of halogens is 2. The molecular weight excluding hydrogens is 448 g/mol. The highest BCUT2D eigenvalue weighted by Crippen LogP contribution is 2.27. The summed E-state index contributed by atoms with van der Waals surface area (Å²) in [5.41, 5.74) is 2.79. The van der Waals surface area contributed by atoms with E-state index in [-0.39, 0.29) is 11.7 Å². The number of aromatic nitrogens is 3. The predicted octanol–water partition coefficient (Wildman–Crippen LogP) is 5.42. The number of anilines is 1. The maximum absolute atomic E-state index is 12.3. The van der Waals surface area contributed by atoms with Crippen LogP contribution in [0.15, 0.2) is 52.1 Å². The van der Waals surface area contributed by atoms with Crippen LogP contribution in [0, 0.1) is 6.92 Å². The van der Waals surface area contributed by atoms with Crippen molar-refractivity contribution in [2.24, 2.45) is 0 Å². The summed E-state index contributed by atoms with van der Waals surface area (Å²) in [5, 5.41) is 12.6. The number of thioether (sulfide) groups is 1. The molecule has 1 heterocycles. The minimum Gasteiger partial charge on any atom is -0.324 e. The molecule has 0 aliphatic rings. The largest absolute Gasteiger partial charge is 0.324 e. The van der Waals surface area contributed by atoms with Crippen LogP contribution < -0.4 is 5.32 Å². The Morgan fingerprint density at radius 3 is 2.63 bits per heavy atom. The number of rotatable bonds is 6. The van der Waals surface area contributed by atoms with E-state index in [0.717, 1.165) is 22.4 Å². The summed E-state index contributed by atoms with van der Waals surface area (Å²) in [6, 6.07) is 13.5. The van der Waals surface area contributed by atoms with Crippen LogP contribution in [0.2, 0.25) is 5.02 Å². The number of nitrogens with zero attached hydrogens (tertiary/aromatic N) is 3. The maximum atomic E-state index is 12.3. The Kier molecular flexibility index (Phi) is 6.57. The van der Waals surface area contributed by atoms with Gasteiger partial charge in [-0.1, -0.05) is 69.1 Å². The molecule has 3 rings (SSSR count). The van der Waals surface area contributed by atoms with E-state index < -0.39 is 0 Å². The lowest BCUT2D eigenvalue weighted by molar-refractivity contribution is -0.113. The third-order valence-electron chi connectivity index (χ3n) is 3.88. The summed E-state index contributed by atoms with van der Waals surface area (Å²) in [6.07, 6.45) is 0. The van der Waals surface area contributed by atoms with E-state index in [1.54, 1.807) is 12.1 Å². The fourth-order valence-electron chi connectivity index (χ4n) is 2.50. The lowest BCUT2D eigenvalue weighted by atomic mass is 10.1. The van der Waals surface area contributed by atoms with Gasteiger partial charge in [0.25, 0.3) is 0 Å². The molecule has 0 aliphatic carbocycles. The van der Waals surface area contributed by atoms with Crippen molar-refractivity contribution in [3.8, 4) is 11.4 Å². The molecule has 27 heavy (non-hydrogen) atoms. The van der Waals surface area contributed by atoms with Crippen LogP contribution in [0.3, 0.4) is 0 Å². The van der Waals surface area contributed by atoms with E-state index in [1.807, 2.05) is 48.7 Å². The normalized spacial score (nSPS) is 10.8. The van der Waals surface area contributed by atoms with Crippen molar-refractivity contribution in [1.82, 2.24) is 14.8 Å². The molecule has 3 aromatic rings. The molecule has 0 fully saturated rings. The van der Waals surface area contributed by atoms with Gasteiger partial charge >= 0.3 is 0 Å². The quantitative estimate of drug-likeness (QED) is 0.494. The molecule has 1 N–H and O–H groups in total. The van der Waals surface area contributed by atoms with Gasteiger partial charge in [-0.2, -0.15) is 0 Å². The molecule has 140 valence electrons. The van der Waals surface area contributed by atoms with Crippen LogP contribution in [0.5, 0.6) is 0 Å². The standard InChI is InChI=1S/C19H18BrClN4OS/c1-3-25-18(13-6-4-12(2)5-7-13)23-24-19(25)27-11-17(26)22-16-9-8-14(20)10-15(16)21/h4-10H,3,11H2,1-2H3,(H,22,26). The molecule has 0 spiro atoms. The molecule has 1 amide bonds. The Labute approximate surface area is 175 Å². The average Bonchev–Trinajstić information content (AvgIpc) is 3.06. The first-order chi connectivity index (χ1) is 13.0. The highest BCUT2D eigenvalue weighted by atomic mass is 79.9.